The van der Waals surface area contributed by atoms with Crippen molar-refractivity contribution in [2.24, 2.45) is 0 Å². The van der Waals surface area contributed by atoms with Gasteiger partial charge < -0.3 is 34.1 Å². The lowest BCUT2D eigenvalue weighted by atomic mass is 10.1. The van der Waals surface area contributed by atoms with Gasteiger partial charge in [-0.3, -0.25) is 9.88 Å². The van der Waals surface area contributed by atoms with Crippen LogP contribution in [0.2, 0.25) is 0 Å². The third-order valence-corrected chi connectivity index (χ3v) is 5.97. The minimum Gasteiger partial charge on any atom is -0.444 e. The number of carbonyl (C=O) groups excluding carboxylic acids is 4. The van der Waals surface area contributed by atoms with E-state index in [4.69, 9.17) is 14.2 Å². The maximum absolute atomic E-state index is 12.1. The molecule has 3 heterocycles. The normalized spacial score (nSPS) is 19.7. The zero-order valence-corrected chi connectivity index (χ0v) is 26.6. The monoisotopic (exact) mass is 591 g/mol. The van der Waals surface area contributed by atoms with Gasteiger partial charge in [0.15, 0.2) is 0 Å². The van der Waals surface area contributed by atoms with Gasteiger partial charge in [-0.25, -0.2) is 14.4 Å². The first-order valence-corrected chi connectivity index (χ1v) is 14.4. The largest absolute Gasteiger partial charge is 0.444 e. The van der Waals surface area contributed by atoms with Crippen LogP contribution in [0.4, 0.5) is 14.4 Å². The fraction of sp³-hybridized carbons (Fsp3) is 0.700. The Morgan fingerprint density at radius 2 is 1.40 bits per heavy atom. The average molecular weight is 592 g/mol. The Morgan fingerprint density at radius 1 is 0.857 bits per heavy atom. The predicted octanol–water partition coefficient (Wildman–Crippen LogP) is 3.87. The van der Waals surface area contributed by atoms with E-state index in [1.807, 2.05) is 33.0 Å². The Morgan fingerprint density at radius 3 is 1.90 bits per heavy atom. The molecule has 0 saturated carbocycles. The van der Waals surface area contributed by atoms with Crippen LogP contribution in [-0.2, 0) is 25.4 Å². The van der Waals surface area contributed by atoms with E-state index in [0.717, 1.165) is 13.0 Å². The van der Waals surface area contributed by atoms with Gasteiger partial charge in [0.05, 0.1) is 6.54 Å². The van der Waals surface area contributed by atoms with Crippen LogP contribution >= 0.6 is 0 Å². The smallest absolute Gasteiger partial charge is 0.411 e. The predicted molar refractivity (Wildman–Crippen MR) is 158 cm³/mol. The summed E-state index contributed by atoms with van der Waals surface area (Å²) in [6, 6.07) is 3.52. The van der Waals surface area contributed by atoms with Gasteiger partial charge in [-0.15, -0.1) is 0 Å². The zero-order chi connectivity index (χ0) is 31.7. The lowest BCUT2D eigenvalue weighted by Crippen LogP contribution is -2.58. The highest BCUT2D eigenvalue weighted by Gasteiger charge is 2.36. The average Bonchev–Trinajstić information content (AvgIpc) is 2.86. The number of ether oxygens (including phenoxy) is 3. The van der Waals surface area contributed by atoms with E-state index in [1.54, 1.807) is 52.6 Å². The molecule has 2 unspecified atom stereocenters. The summed E-state index contributed by atoms with van der Waals surface area (Å²) in [4.78, 5) is 56.2. The van der Waals surface area contributed by atoms with E-state index in [0.29, 0.717) is 25.9 Å². The first-order valence-electron chi connectivity index (χ1n) is 14.4. The summed E-state index contributed by atoms with van der Waals surface area (Å²) < 4.78 is 16.0. The first-order chi connectivity index (χ1) is 19.4. The van der Waals surface area contributed by atoms with Crippen LogP contribution in [0, 0.1) is 0 Å². The Kier molecular flexibility index (Phi) is 12.1. The summed E-state index contributed by atoms with van der Waals surface area (Å²) in [5, 5.41) is 3.44. The molecule has 42 heavy (non-hydrogen) atoms. The number of aldehydes is 1. The second-order valence-electron chi connectivity index (χ2n) is 13.4. The molecular weight excluding hydrogens is 542 g/mol. The lowest BCUT2D eigenvalue weighted by Gasteiger charge is -2.39. The molecule has 236 valence electrons. The van der Waals surface area contributed by atoms with Gasteiger partial charge in [-0.1, -0.05) is 6.07 Å². The van der Waals surface area contributed by atoms with Gasteiger partial charge in [0.25, 0.3) is 0 Å². The van der Waals surface area contributed by atoms with Crippen molar-refractivity contribution in [2.75, 3.05) is 39.3 Å². The molecule has 12 nitrogen and oxygen atoms in total. The van der Waals surface area contributed by atoms with Crippen LogP contribution < -0.4 is 5.32 Å². The van der Waals surface area contributed by atoms with E-state index >= 15 is 0 Å². The highest BCUT2D eigenvalue weighted by molar-refractivity contribution is 5.76. The number of rotatable bonds is 3. The number of piperazine rings is 2. The quantitative estimate of drug-likeness (QED) is 0.411. The molecule has 3 amide bonds. The van der Waals surface area contributed by atoms with Gasteiger partial charge >= 0.3 is 18.3 Å². The van der Waals surface area contributed by atoms with Crippen molar-refractivity contribution in [2.45, 2.75) is 97.6 Å². The highest BCUT2D eigenvalue weighted by atomic mass is 16.6. The Labute approximate surface area is 250 Å². The topological polar surface area (TPSA) is 131 Å². The molecule has 0 spiro atoms. The molecule has 0 aromatic carbocycles. The Balaban J connectivity index is 0.000000294. The molecule has 2 aliphatic heterocycles. The van der Waals surface area contributed by atoms with Crippen molar-refractivity contribution < 1.29 is 33.4 Å². The molecule has 2 atom stereocenters. The molecule has 3 rings (SSSR count). The molecule has 0 radical (unpaired) electrons. The van der Waals surface area contributed by atoms with E-state index < -0.39 is 35.0 Å². The number of hydrogen-bond acceptors (Lipinski definition) is 9. The molecule has 0 bridgehead atoms. The molecule has 1 N–H and O–H groups in total. The number of pyridine rings is 1. The molecular formula is C30H49N5O7. The summed E-state index contributed by atoms with van der Waals surface area (Å²) in [5.74, 6) is 0. The van der Waals surface area contributed by atoms with Crippen molar-refractivity contribution in [1.82, 2.24) is 25.0 Å². The number of amides is 3. The van der Waals surface area contributed by atoms with Crippen molar-refractivity contribution in [1.29, 1.82) is 0 Å². The molecule has 1 aromatic heterocycles. The number of nitrogens with zero attached hydrogens (tertiary/aromatic N) is 4. The van der Waals surface area contributed by atoms with E-state index in [2.05, 4.69) is 16.4 Å². The maximum Gasteiger partial charge on any atom is 0.411 e. The van der Waals surface area contributed by atoms with Crippen LogP contribution in [0.5, 0.6) is 0 Å². The molecule has 1 aromatic rings. The summed E-state index contributed by atoms with van der Waals surface area (Å²) >= 11 is 0. The minimum atomic E-state index is -0.726. The van der Waals surface area contributed by atoms with Crippen LogP contribution in [0.15, 0.2) is 24.5 Å². The highest BCUT2D eigenvalue weighted by Crippen LogP contribution is 2.18. The third-order valence-electron chi connectivity index (χ3n) is 5.97. The Hall–Kier alpha value is -3.41. The van der Waals surface area contributed by atoms with Gasteiger partial charge in [-0.2, -0.15) is 0 Å². The summed E-state index contributed by atoms with van der Waals surface area (Å²) in [5.41, 5.74) is -0.500. The van der Waals surface area contributed by atoms with Crippen molar-refractivity contribution >= 4 is 24.6 Å². The van der Waals surface area contributed by atoms with Gasteiger partial charge in [0, 0.05) is 51.2 Å². The van der Waals surface area contributed by atoms with Gasteiger partial charge in [0.2, 0.25) is 0 Å². The fourth-order valence-corrected chi connectivity index (χ4v) is 4.22. The van der Waals surface area contributed by atoms with Crippen LogP contribution in [0.25, 0.3) is 0 Å². The molecule has 2 fully saturated rings. The molecule has 0 aliphatic carbocycles. The fourth-order valence-electron chi connectivity index (χ4n) is 4.22. The first kappa shape index (κ1) is 34.8. The zero-order valence-electron chi connectivity index (χ0n) is 26.6. The van der Waals surface area contributed by atoms with E-state index in [-0.39, 0.29) is 25.2 Å². The second kappa shape index (κ2) is 14.7. The molecule has 12 heteroatoms. The SMILES string of the molecule is CC(C)(C)OC(=O)N1CCN(C(=O)OC(C)(C)C)C(C=O)C1.CC(C)(C)OC(=O)N1CCNC(Cc2cccnc2)C1. The third kappa shape index (κ3) is 12.6. The lowest BCUT2D eigenvalue weighted by molar-refractivity contribution is -0.114. The summed E-state index contributed by atoms with van der Waals surface area (Å²) in [6.07, 6.45) is 3.90. The summed E-state index contributed by atoms with van der Waals surface area (Å²) in [7, 11) is 0. The van der Waals surface area contributed by atoms with Crippen molar-refractivity contribution in [3.63, 3.8) is 0 Å². The van der Waals surface area contributed by atoms with Crippen molar-refractivity contribution in [3.8, 4) is 0 Å². The van der Waals surface area contributed by atoms with Crippen LogP contribution in [-0.4, -0.2) is 112 Å². The van der Waals surface area contributed by atoms with E-state index in [1.165, 1.54) is 15.4 Å². The van der Waals surface area contributed by atoms with Crippen molar-refractivity contribution in [3.05, 3.63) is 30.1 Å². The number of aromatic nitrogens is 1. The van der Waals surface area contributed by atoms with Gasteiger partial charge in [-0.05, 0) is 80.4 Å². The van der Waals surface area contributed by atoms with Crippen LogP contribution in [0.3, 0.4) is 0 Å². The maximum atomic E-state index is 12.1. The standard InChI is InChI=1S/C15H23N3O2.C15H26N2O5/c1-15(2,3)20-14(19)18-8-7-17-13(11-18)9-12-5-4-6-16-10-12;1-14(2,3)21-12(19)16-7-8-17(11(9-16)10-18)13(20)22-15(4,5)6/h4-6,10,13,17H,7-9,11H2,1-3H3;10-11H,7-9H2,1-6H3. The molecule has 2 aliphatic rings. The second-order valence-corrected chi connectivity index (χ2v) is 13.4. The number of hydrogen-bond donors (Lipinski definition) is 1. The minimum absolute atomic E-state index is 0.109. The summed E-state index contributed by atoms with van der Waals surface area (Å²) in [6.45, 7) is 19.1. The van der Waals surface area contributed by atoms with Crippen LogP contribution in [0.1, 0.15) is 67.9 Å². The number of nitrogens with one attached hydrogen (secondary N) is 1. The van der Waals surface area contributed by atoms with E-state index in [9.17, 15) is 19.2 Å². The number of carbonyl (C=O) groups is 4. The van der Waals surface area contributed by atoms with Gasteiger partial charge in [0.1, 0.15) is 29.1 Å². The Bertz CT molecular complexity index is 1050. The molecule has 2 saturated heterocycles.